The fourth-order valence-corrected chi connectivity index (χ4v) is 3.66. The highest BCUT2D eigenvalue weighted by Gasteiger charge is 2.17. The van der Waals surface area contributed by atoms with Gasteiger partial charge >= 0.3 is 0 Å². The highest BCUT2D eigenvalue weighted by atomic mass is 35.5. The highest BCUT2D eigenvalue weighted by Crippen LogP contribution is 2.22. The number of benzene rings is 1. The Balaban J connectivity index is 1.96. The molecule has 2 aromatic heterocycles. The summed E-state index contributed by atoms with van der Waals surface area (Å²) in [5, 5.41) is 8.60. The van der Waals surface area contributed by atoms with E-state index in [4.69, 9.17) is 16.3 Å². The summed E-state index contributed by atoms with van der Waals surface area (Å²) in [6.07, 6.45) is 0. The van der Waals surface area contributed by atoms with Gasteiger partial charge in [0.05, 0.1) is 5.52 Å². The maximum absolute atomic E-state index is 14.3. The van der Waals surface area contributed by atoms with E-state index in [-0.39, 0.29) is 17.6 Å². The zero-order valence-electron chi connectivity index (χ0n) is 15.8. The van der Waals surface area contributed by atoms with Crippen LogP contribution in [0.4, 0.5) is 4.39 Å². The van der Waals surface area contributed by atoms with Gasteiger partial charge in [-0.25, -0.2) is 9.07 Å². The number of aromatic nitrogens is 4. The van der Waals surface area contributed by atoms with Crippen LogP contribution in [0.25, 0.3) is 16.7 Å². The second-order valence-corrected chi connectivity index (χ2v) is 13.7. The molecule has 0 atom stereocenters. The van der Waals surface area contributed by atoms with E-state index in [1.165, 1.54) is 16.8 Å². The second kappa shape index (κ2) is 7.53. The molecular weight excluding hydrogens is 387 g/mol. The van der Waals surface area contributed by atoms with Crippen molar-refractivity contribution in [1.82, 2.24) is 19.6 Å². The Morgan fingerprint density at radius 2 is 2.00 bits per heavy atom. The summed E-state index contributed by atoms with van der Waals surface area (Å²) >= 11 is 6.20. The average Bonchev–Trinajstić information content (AvgIpc) is 2.86. The van der Waals surface area contributed by atoms with E-state index in [2.05, 4.69) is 29.8 Å². The molecule has 3 rings (SSSR count). The summed E-state index contributed by atoms with van der Waals surface area (Å²) in [5.41, 5.74) is 1.04. The number of hydrogen-bond acceptors (Lipinski definition) is 4. The van der Waals surface area contributed by atoms with E-state index >= 15 is 0 Å². The summed E-state index contributed by atoms with van der Waals surface area (Å²) in [7, 11) is -1.19. The molecule has 2 heterocycles. The Hall–Kier alpha value is -2.03. The molecule has 0 radical (unpaired) electrons. The third kappa shape index (κ3) is 4.28. The van der Waals surface area contributed by atoms with E-state index in [0.717, 1.165) is 10.7 Å². The smallest absolute Gasteiger partial charge is 0.273 e. The molecule has 144 valence electrons. The topological polar surface area (TPSA) is 61.9 Å². The SMILES string of the molecule is Cc1cccc(F)c1-n1nc2c(Cl)nn(COCC[Si](C)(C)C)c2cc1=O. The van der Waals surface area contributed by atoms with Crippen molar-refractivity contribution in [2.45, 2.75) is 39.3 Å². The van der Waals surface area contributed by atoms with Crippen molar-refractivity contribution in [3.63, 3.8) is 0 Å². The molecule has 27 heavy (non-hydrogen) atoms. The lowest BCUT2D eigenvalue weighted by Gasteiger charge is -2.15. The van der Waals surface area contributed by atoms with Gasteiger partial charge in [0.1, 0.15) is 23.8 Å². The molecular formula is C18H22ClFN4O2Si. The largest absolute Gasteiger partial charge is 0.360 e. The third-order valence-electron chi connectivity index (χ3n) is 4.20. The Morgan fingerprint density at radius 3 is 2.67 bits per heavy atom. The summed E-state index contributed by atoms with van der Waals surface area (Å²) < 4.78 is 22.5. The highest BCUT2D eigenvalue weighted by molar-refractivity contribution is 6.76. The molecule has 6 nitrogen and oxygen atoms in total. The Kier molecular flexibility index (Phi) is 5.50. The molecule has 9 heteroatoms. The fraction of sp³-hybridized carbons (Fsp3) is 0.389. The first-order valence-electron chi connectivity index (χ1n) is 8.67. The minimum atomic E-state index is -1.19. The molecule has 0 saturated carbocycles. The number of fused-ring (bicyclic) bond motifs is 1. The molecule has 0 spiro atoms. The van der Waals surface area contributed by atoms with Gasteiger partial charge in [-0.05, 0) is 24.6 Å². The third-order valence-corrected chi connectivity index (χ3v) is 6.16. The van der Waals surface area contributed by atoms with E-state index < -0.39 is 19.5 Å². The summed E-state index contributed by atoms with van der Waals surface area (Å²) in [4.78, 5) is 12.6. The molecule has 0 fully saturated rings. The van der Waals surface area contributed by atoms with Crippen LogP contribution in [0.1, 0.15) is 5.56 Å². The number of rotatable bonds is 6. The van der Waals surface area contributed by atoms with E-state index in [9.17, 15) is 9.18 Å². The van der Waals surface area contributed by atoms with Crippen molar-refractivity contribution in [3.8, 4) is 5.69 Å². The van der Waals surface area contributed by atoms with Crippen LogP contribution in [0.3, 0.4) is 0 Å². The number of para-hydroxylation sites is 1. The lowest BCUT2D eigenvalue weighted by atomic mass is 10.2. The van der Waals surface area contributed by atoms with Crippen LogP contribution in [0.2, 0.25) is 30.8 Å². The molecule has 0 aliphatic carbocycles. The molecule has 0 aliphatic rings. The number of hydrogen-bond donors (Lipinski definition) is 0. The first-order chi connectivity index (χ1) is 12.7. The molecule has 0 amide bonds. The van der Waals surface area contributed by atoms with Gasteiger partial charge in [-0.2, -0.15) is 14.9 Å². The van der Waals surface area contributed by atoms with Crippen molar-refractivity contribution in [2.75, 3.05) is 6.61 Å². The summed E-state index contributed by atoms with van der Waals surface area (Å²) in [5.74, 6) is -0.526. The van der Waals surface area contributed by atoms with Crippen molar-refractivity contribution < 1.29 is 9.13 Å². The Bertz CT molecular complexity index is 1020. The van der Waals surface area contributed by atoms with Crippen molar-refractivity contribution in [2.24, 2.45) is 0 Å². The Labute approximate surface area is 162 Å². The fourth-order valence-electron chi connectivity index (χ4n) is 2.68. The van der Waals surface area contributed by atoms with Gasteiger partial charge in [-0.3, -0.25) is 4.79 Å². The Morgan fingerprint density at radius 1 is 1.26 bits per heavy atom. The van der Waals surface area contributed by atoms with Gasteiger partial charge in [0.25, 0.3) is 5.56 Å². The van der Waals surface area contributed by atoms with Gasteiger partial charge in [-0.15, -0.1) is 0 Å². The number of nitrogens with zero attached hydrogens (tertiary/aromatic N) is 4. The summed E-state index contributed by atoms with van der Waals surface area (Å²) in [6, 6.07) is 6.97. The van der Waals surface area contributed by atoms with Crippen LogP contribution >= 0.6 is 11.6 Å². The van der Waals surface area contributed by atoms with Gasteiger partial charge < -0.3 is 4.74 Å². The lowest BCUT2D eigenvalue weighted by Crippen LogP contribution is -2.23. The van der Waals surface area contributed by atoms with Gasteiger partial charge in [-0.1, -0.05) is 43.4 Å². The molecule has 3 aromatic rings. The van der Waals surface area contributed by atoms with Crippen LogP contribution in [-0.2, 0) is 11.5 Å². The van der Waals surface area contributed by atoms with Crippen LogP contribution in [0.5, 0.6) is 0 Å². The van der Waals surface area contributed by atoms with Crippen molar-refractivity contribution >= 4 is 30.7 Å². The van der Waals surface area contributed by atoms with Crippen LogP contribution in [-0.4, -0.2) is 34.2 Å². The first-order valence-corrected chi connectivity index (χ1v) is 12.8. The normalized spacial score (nSPS) is 12.1. The minimum absolute atomic E-state index is 0.111. The number of aryl methyl sites for hydroxylation is 1. The standard InChI is InChI=1S/C18H22ClFN4O2Si/c1-12-6-5-7-13(20)17(12)24-15(25)10-14-16(21-24)18(19)22-23(14)11-26-8-9-27(2,3)4/h5-7,10H,8-9,11H2,1-4H3. The van der Waals surface area contributed by atoms with E-state index in [1.54, 1.807) is 19.1 Å². The molecule has 0 saturated heterocycles. The predicted molar refractivity (Wildman–Crippen MR) is 107 cm³/mol. The van der Waals surface area contributed by atoms with Gasteiger partial charge in [0.2, 0.25) is 0 Å². The quantitative estimate of drug-likeness (QED) is 0.457. The van der Waals surface area contributed by atoms with Crippen LogP contribution in [0, 0.1) is 12.7 Å². The van der Waals surface area contributed by atoms with Crippen molar-refractivity contribution in [3.05, 3.63) is 51.2 Å². The predicted octanol–water partition coefficient (Wildman–Crippen LogP) is 4.00. The van der Waals surface area contributed by atoms with Crippen LogP contribution in [0.15, 0.2) is 29.1 Å². The lowest BCUT2D eigenvalue weighted by molar-refractivity contribution is 0.0817. The van der Waals surface area contributed by atoms with E-state index in [0.29, 0.717) is 23.2 Å². The minimum Gasteiger partial charge on any atom is -0.360 e. The molecule has 1 aromatic carbocycles. The summed E-state index contributed by atoms with van der Waals surface area (Å²) in [6.45, 7) is 9.33. The molecule has 0 unspecified atom stereocenters. The molecule has 0 aliphatic heterocycles. The van der Waals surface area contributed by atoms with Crippen molar-refractivity contribution in [1.29, 1.82) is 0 Å². The second-order valence-electron chi connectivity index (χ2n) is 7.67. The first kappa shape index (κ1) is 19.7. The van der Waals surface area contributed by atoms with Crippen LogP contribution < -0.4 is 5.56 Å². The van der Waals surface area contributed by atoms with E-state index in [1.807, 2.05) is 0 Å². The van der Waals surface area contributed by atoms with Gasteiger partial charge in [0, 0.05) is 20.7 Å². The monoisotopic (exact) mass is 408 g/mol. The molecule has 0 N–H and O–H groups in total. The maximum Gasteiger partial charge on any atom is 0.273 e. The zero-order chi connectivity index (χ0) is 19.8. The number of halogens is 2. The van der Waals surface area contributed by atoms with Gasteiger partial charge in [0.15, 0.2) is 5.15 Å². The molecule has 0 bridgehead atoms. The maximum atomic E-state index is 14.3. The number of ether oxygens (including phenoxy) is 1. The average molecular weight is 409 g/mol. The zero-order valence-corrected chi connectivity index (χ0v) is 17.5.